The third kappa shape index (κ3) is 4.86. The van der Waals surface area contributed by atoms with Crippen LogP contribution in [0.25, 0.3) is 22.0 Å². The minimum absolute atomic E-state index is 0.182. The molecule has 1 aromatic heterocycles. The number of rotatable bonds is 7. The van der Waals surface area contributed by atoms with Crippen LogP contribution in [0.3, 0.4) is 0 Å². The fourth-order valence-electron chi connectivity index (χ4n) is 4.55. The van der Waals surface area contributed by atoms with Gasteiger partial charge in [-0.3, -0.25) is 0 Å². The number of H-pyrrole nitrogens is 1. The molecule has 1 saturated heterocycles. The quantitative estimate of drug-likeness (QED) is 0.591. The fourth-order valence-corrected chi connectivity index (χ4v) is 5.68. The monoisotopic (exact) mass is 439 g/mol. The lowest BCUT2D eigenvalue weighted by molar-refractivity contribution is 0.321. The molecular formula is C25H33N3O2S. The van der Waals surface area contributed by atoms with E-state index in [9.17, 15) is 8.42 Å². The van der Waals surface area contributed by atoms with E-state index in [1.54, 1.807) is 11.2 Å². The predicted molar refractivity (Wildman–Crippen MR) is 129 cm³/mol. The molecule has 1 fully saturated rings. The Labute approximate surface area is 186 Å². The maximum atomic E-state index is 12.2. The van der Waals surface area contributed by atoms with E-state index in [2.05, 4.69) is 72.6 Å². The Morgan fingerprint density at radius 3 is 2.52 bits per heavy atom. The molecule has 2 heterocycles. The zero-order chi connectivity index (χ0) is 22.0. The molecule has 1 aliphatic rings. The van der Waals surface area contributed by atoms with Crippen LogP contribution in [-0.2, 0) is 16.4 Å². The van der Waals surface area contributed by atoms with Crippen molar-refractivity contribution >= 4 is 20.9 Å². The predicted octanol–water partition coefficient (Wildman–Crippen LogP) is 4.47. The Morgan fingerprint density at radius 1 is 1.06 bits per heavy atom. The van der Waals surface area contributed by atoms with Crippen molar-refractivity contribution in [2.45, 2.75) is 32.1 Å². The summed E-state index contributed by atoms with van der Waals surface area (Å²) in [6.07, 6.45) is 4.90. The second kappa shape index (κ2) is 9.15. The van der Waals surface area contributed by atoms with Gasteiger partial charge in [-0.1, -0.05) is 30.3 Å². The van der Waals surface area contributed by atoms with E-state index < -0.39 is 10.0 Å². The lowest BCUT2D eigenvalue weighted by Crippen LogP contribution is -2.38. The second-order valence-electron chi connectivity index (χ2n) is 8.83. The number of benzene rings is 2. The number of fused-ring (bicyclic) bond motifs is 1. The average Bonchev–Trinajstić information content (AvgIpc) is 3.21. The molecule has 2 aromatic carbocycles. The maximum Gasteiger partial charge on any atom is 0.213 e. The number of aromatic nitrogens is 1. The van der Waals surface area contributed by atoms with E-state index >= 15 is 0 Å². The van der Waals surface area contributed by atoms with Gasteiger partial charge >= 0.3 is 0 Å². The molecule has 31 heavy (non-hydrogen) atoms. The van der Waals surface area contributed by atoms with Crippen LogP contribution in [0.4, 0.5) is 0 Å². The zero-order valence-corrected chi connectivity index (χ0v) is 19.6. The maximum absolute atomic E-state index is 12.2. The standard InChI is InChI=1S/C25H33N3O2S/c1-4-31(29,30)28-14-11-20(12-15-28)24-18-26-25-9-8-22(17-23(24)25)21-7-5-6-19(16-21)10-13-27(2)3/h5-9,16-18,20,26H,4,10-15H2,1-3H3. The first-order valence-corrected chi connectivity index (χ1v) is 12.8. The van der Waals surface area contributed by atoms with Crippen LogP contribution >= 0.6 is 0 Å². The summed E-state index contributed by atoms with van der Waals surface area (Å²) < 4.78 is 26.0. The highest BCUT2D eigenvalue weighted by atomic mass is 32.2. The molecule has 3 aromatic rings. The summed E-state index contributed by atoms with van der Waals surface area (Å²) in [6.45, 7) is 3.98. The molecule has 6 heteroatoms. The Morgan fingerprint density at radius 2 is 1.81 bits per heavy atom. The summed E-state index contributed by atoms with van der Waals surface area (Å²) in [5.74, 6) is 0.570. The Kier molecular flexibility index (Phi) is 6.51. The third-order valence-corrected chi connectivity index (χ3v) is 8.36. The smallest absolute Gasteiger partial charge is 0.213 e. The number of likely N-dealkylation sites (N-methyl/N-ethyl adjacent to an activating group) is 1. The van der Waals surface area contributed by atoms with E-state index in [1.807, 2.05) is 0 Å². The van der Waals surface area contributed by atoms with Crippen molar-refractivity contribution in [3.05, 3.63) is 59.8 Å². The van der Waals surface area contributed by atoms with Crippen LogP contribution in [0.2, 0.25) is 0 Å². The highest BCUT2D eigenvalue weighted by molar-refractivity contribution is 7.89. The van der Waals surface area contributed by atoms with Crippen LogP contribution in [-0.4, -0.2) is 62.1 Å². The number of nitrogens with zero attached hydrogens (tertiary/aromatic N) is 2. The molecule has 0 bridgehead atoms. The first kappa shape index (κ1) is 22.1. The molecule has 0 atom stereocenters. The van der Waals surface area contributed by atoms with Crippen LogP contribution in [0.5, 0.6) is 0 Å². The first-order valence-electron chi connectivity index (χ1n) is 11.2. The van der Waals surface area contributed by atoms with Crippen molar-refractivity contribution in [1.29, 1.82) is 0 Å². The lowest BCUT2D eigenvalue weighted by Gasteiger charge is -2.30. The molecule has 0 radical (unpaired) electrons. The van der Waals surface area contributed by atoms with Crippen LogP contribution in [0, 0.1) is 0 Å². The summed E-state index contributed by atoms with van der Waals surface area (Å²) in [6, 6.07) is 15.5. The van der Waals surface area contributed by atoms with Crippen LogP contribution in [0.1, 0.15) is 36.8 Å². The molecule has 0 aliphatic carbocycles. The van der Waals surface area contributed by atoms with Crippen LogP contribution in [0.15, 0.2) is 48.7 Å². The van der Waals surface area contributed by atoms with Gasteiger partial charge in [-0.05, 0) is 80.6 Å². The molecule has 5 nitrogen and oxygen atoms in total. The normalized spacial score (nSPS) is 16.4. The van der Waals surface area contributed by atoms with Crippen molar-refractivity contribution in [2.75, 3.05) is 39.5 Å². The second-order valence-corrected chi connectivity index (χ2v) is 11.1. The topological polar surface area (TPSA) is 56.4 Å². The molecule has 0 unspecified atom stereocenters. The number of nitrogens with one attached hydrogen (secondary N) is 1. The van der Waals surface area contributed by atoms with E-state index in [-0.39, 0.29) is 5.75 Å². The van der Waals surface area contributed by atoms with Crippen LogP contribution < -0.4 is 0 Å². The highest BCUT2D eigenvalue weighted by Crippen LogP contribution is 2.35. The zero-order valence-electron chi connectivity index (χ0n) is 18.8. The number of sulfonamides is 1. The van der Waals surface area contributed by atoms with Gasteiger partial charge in [0.1, 0.15) is 0 Å². The molecule has 0 amide bonds. The number of hydrogen-bond donors (Lipinski definition) is 1. The molecular weight excluding hydrogens is 406 g/mol. The van der Waals surface area contributed by atoms with Crippen molar-refractivity contribution in [3.8, 4) is 11.1 Å². The third-order valence-electron chi connectivity index (χ3n) is 6.47. The fraction of sp³-hybridized carbons (Fsp3) is 0.440. The van der Waals surface area contributed by atoms with Crippen molar-refractivity contribution in [1.82, 2.24) is 14.2 Å². The van der Waals surface area contributed by atoms with Gasteiger partial charge in [0, 0.05) is 36.7 Å². The highest BCUT2D eigenvalue weighted by Gasteiger charge is 2.28. The minimum atomic E-state index is -3.09. The van der Waals surface area contributed by atoms with Crippen molar-refractivity contribution in [2.24, 2.45) is 0 Å². The summed E-state index contributed by atoms with van der Waals surface area (Å²) in [5.41, 5.74) is 6.28. The van der Waals surface area contributed by atoms with Gasteiger partial charge in [0.15, 0.2) is 0 Å². The van der Waals surface area contributed by atoms with E-state index in [0.29, 0.717) is 19.0 Å². The largest absolute Gasteiger partial charge is 0.361 e. The Hall–Kier alpha value is -2.15. The summed E-state index contributed by atoms with van der Waals surface area (Å²) >= 11 is 0. The van der Waals surface area contributed by atoms with Gasteiger partial charge in [-0.2, -0.15) is 0 Å². The number of piperidine rings is 1. The molecule has 0 spiro atoms. The molecule has 0 saturated carbocycles. The van der Waals surface area contributed by atoms with Gasteiger partial charge in [0.2, 0.25) is 10.0 Å². The Bertz CT molecular complexity index is 1140. The summed E-state index contributed by atoms with van der Waals surface area (Å²) in [4.78, 5) is 5.63. The molecule has 166 valence electrons. The summed E-state index contributed by atoms with van der Waals surface area (Å²) in [5, 5.41) is 1.26. The van der Waals surface area contributed by atoms with Gasteiger partial charge in [0.25, 0.3) is 0 Å². The molecule has 4 rings (SSSR count). The van der Waals surface area contributed by atoms with Gasteiger partial charge in [-0.15, -0.1) is 0 Å². The average molecular weight is 440 g/mol. The lowest BCUT2D eigenvalue weighted by atomic mass is 9.89. The van der Waals surface area contributed by atoms with Gasteiger partial charge < -0.3 is 9.88 Å². The molecule has 1 aliphatic heterocycles. The van der Waals surface area contributed by atoms with Crippen molar-refractivity contribution < 1.29 is 8.42 Å². The number of aromatic amines is 1. The van der Waals surface area contributed by atoms with E-state index in [4.69, 9.17) is 0 Å². The SMILES string of the molecule is CCS(=O)(=O)N1CCC(c2c[nH]c3ccc(-c4cccc(CCN(C)C)c4)cc23)CC1. The van der Waals surface area contributed by atoms with Gasteiger partial charge in [0.05, 0.1) is 5.75 Å². The first-order chi connectivity index (χ1) is 14.9. The Balaban J connectivity index is 1.57. The minimum Gasteiger partial charge on any atom is -0.361 e. The molecule has 1 N–H and O–H groups in total. The van der Waals surface area contributed by atoms with Crippen molar-refractivity contribution in [3.63, 3.8) is 0 Å². The van der Waals surface area contributed by atoms with Gasteiger partial charge in [-0.25, -0.2) is 12.7 Å². The summed E-state index contributed by atoms with van der Waals surface area (Å²) in [7, 11) is 1.12. The number of hydrogen-bond acceptors (Lipinski definition) is 3. The van der Waals surface area contributed by atoms with E-state index in [1.165, 1.54) is 27.6 Å². The van der Waals surface area contributed by atoms with E-state index in [0.717, 1.165) is 31.3 Å².